The molecule has 1 amide bonds. The van der Waals surface area contributed by atoms with Crippen LogP contribution in [0.15, 0.2) is 88.8 Å². The Labute approximate surface area is 237 Å². The van der Waals surface area contributed by atoms with E-state index in [0.717, 1.165) is 45.4 Å². The van der Waals surface area contributed by atoms with E-state index in [-0.39, 0.29) is 5.91 Å². The predicted octanol–water partition coefficient (Wildman–Crippen LogP) is 6.84. The minimum Gasteiger partial charge on any atom is -0.494 e. The Balaban J connectivity index is 1.30. The maximum Gasteiger partial charge on any atom is 0.264 e. The van der Waals surface area contributed by atoms with E-state index in [0.29, 0.717) is 28.9 Å². The van der Waals surface area contributed by atoms with Crippen molar-refractivity contribution in [2.45, 2.75) is 27.4 Å². The number of ether oxygens (including phenoxy) is 2. The van der Waals surface area contributed by atoms with Crippen molar-refractivity contribution in [3.8, 4) is 23.3 Å². The molecule has 2 heterocycles. The van der Waals surface area contributed by atoms with E-state index in [9.17, 15) is 10.1 Å². The molecule has 8 heteroatoms. The first-order chi connectivity index (χ1) is 19.4. The molecule has 0 aliphatic carbocycles. The number of thioether (sulfide) groups is 1. The molecular formula is C32H28N4O3S. The topological polar surface area (TPSA) is 88.6 Å². The maximum absolute atomic E-state index is 12.7. The van der Waals surface area contributed by atoms with Crippen LogP contribution in [0.25, 0.3) is 11.8 Å². The van der Waals surface area contributed by atoms with Crippen LogP contribution in [0.3, 0.4) is 0 Å². The van der Waals surface area contributed by atoms with Crippen LogP contribution in [0.5, 0.6) is 11.5 Å². The van der Waals surface area contributed by atoms with Crippen molar-refractivity contribution in [3.05, 3.63) is 112 Å². The van der Waals surface area contributed by atoms with Crippen LogP contribution in [-0.2, 0) is 11.4 Å². The molecule has 4 aromatic rings. The zero-order valence-electron chi connectivity index (χ0n) is 22.5. The average Bonchev–Trinajstić information content (AvgIpc) is 3.45. The molecule has 1 aromatic heterocycles. The van der Waals surface area contributed by atoms with Crippen LogP contribution in [-0.4, -0.2) is 22.2 Å². The molecule has 0 radical (unpaired) electrons. The molecule has 1 saturated heterocycles. The van der Waals surface area contributed by atoms with Crippen LogP contribution in [0, 0.1) is 25.2 Å². The highest BCUT2D eigenvalue weighted by atomic mass is 32.2. The van der Waals surface area contributed by atoms with Crippen LogP contribution in [0.4, 0.5) is 5.69 Å². The lowest BCUT2D eigenvalue weighted by Crippen LogP contribution is -2.19. The molecule has 3 aromatic carbocycles. The number of benzene rings is 3. The van der Waals surface area contributed by atoms with Gasteiger partial charge in [-0.3, -0.25) is 4.79 Å². The van der Waals surface area contributed by atoms with Crippen LogP contribution in [0.1, 0.15) is 35.0 Å². The minimum atomic E-state index is -0.168. The summed E-state index contributed by atoms with van der Waals surface area (Å²) in [5.41, 5.74) is 6.23. The van der Waals surface area contributed by atoms with E-state index in [1.807, 2.05) is 93.6 Å². The molecule has 0 saturated carbocycles. The number of carbonyl (C=O) groups excluding carboxylic acids is 1. The monoisotopic (exact) mass is 548 g/mol. The zero-order chi connectivity index (χ0) is 28.1. The van der Waals surface area contributed by atoms with Gasteiger partial charge in [0, 0.05) is 22.6 Å². The number of aromatic nitrogens is 1. The Kier molecular flexibility index (Phi) is 8.04. The normalized spacial score (nSPS) is 14.8. The van der Waals surface area contributed by atoms with Gasteiger partial charge in [-0.25, -0.2) is 4.99 Å². The van der Waals surface area contributed by atoms with E-state index in [1.54, 1.807) is 6.07 Å². The fraction of sp³-hybridized carbons (Fsp3) is 0.156. The first kappa shape index (κ1) is 26.9. The van der Waals surface area contributed by atoms with Crippen molar-refractivity contribution < 1.29 is 14.3 Å². The lowest BCUT2D eigenvalue weighted by molar-refractivity contribution is -0.115. The molecule has 200 valence electrons. The second-order valence-electron chi connectivity index (χ2n) is 9.12. The van der Waals surface area contributed by atoms with Gasteiger partial charge in [0.05, 0.1) is 28.8 Å². The first-order valence-corrected chi connectivity index (χ1v) is 13.7. The molecule has 1 fully saturated rings. The van der Waals surface area contributed by atoms with Gasteiger partial charge in [-0.2, -0.15) is 5.26 Å². The van der Waals surface area contributed by atoms with Crippen molar-refractivity contribution >= 4 is 34.6 Å². The highest BCUT2D eigenvalue weighted by molar-refractivity contribution is 8.18. The van der Waals surface area contributed by atoms with Gasteiger partial charge in [0.1, 0.15) is 18.1 Å². The lowest BCUT2D eigenvalue weighted by atomic mass is 10.1. The number of amidine groups is 1. The fourth-order valence-corrected chi connectivity index (χ4v) is 5.29. The summed E-state index contributed by atoms with van der Waals surface area (Å²) in [5.74, 6) is 1.34. The number of aryl methyl sites for hydroxylation is 1. The van der Waals surface area contributed by atoms with Gasteiger partial charge in [0.25, 0.3) is 5.91 Å². The van der Waals surface area contributed by atoms with E-state index in [1.165, 1.54) is 11.8 Å². The number of aliphatic imine (C=N–C) groups is 1. The Morgan fingerprint density at radius 3 is 2.42 bits per heavy atom. The van der Waals surface area contributed by atoms with Gasteiger partial charge in [-0.05, 0) is 105 Å². The summed E-state index contributed by atoms with van der Waals surface area (Å²) >= 11 is 1.32. The van der Waals surface area contributed by atoms with E-state index in [4.69, 9.17) is 9.47 Å². The summed E-state index contributed by atoms with van der Waals surface area (Å²) in [7, 11) is 0. The van der Waals surface area contributed by atoms with Crippen molar-refractivity contribution in [3.63, 3.8) is 0 Å². The number of carbonyl (C=O) groups is 1. The van der Waals surface area contributed by atoms with E-state index in [2.05, 4.69) is 27.0 Å². The Morgan fingerprint density at radius 2 is 1.70 bits per heavy atom. The average molecular weight is 549 g/mol. The molecule has 1 aliphatic rings. The summed E-state index contributed by atoms with van der Waals surface area (Å²) in [4.78, 5) is 17.8. The van der Waals surface area contributed by atoms with Gasteiger partial charge in [0.15, 0.2) is 5.17 Å². The quantitative estimate of drug-likeness (QED) is 0.244. The third-order valence-corrected chi connectivity index (χ3v) is 7.32. The number of rotatable bonds is 8. The molecule has 7 nitrogen and oxygen atoms in total. The molecule has 40 heavy (non-hydrogen) atoms. The van der Waals surface area contributed by atoms with Gasteiger partial charge < -0.3 is 19.4 Å². The molecular weight excluding hydrogens is 520 g/mol. The number of hydrogen-bond donors (Lipinski definition) is 1. The van der Waals surface area contributed by atoms with Crippen molar-refractivity contribution in [2.24, 2.45) is 4.99 Å². The minimum absolute atomic E-state index is 0.168. The molecule has 0 unspecified atom stereocenters. The smallest absolute Gasteiger partial charge is 0.264 e. The summed E-state index contributed by atoms with van der Waals surface area (Å²) in [6.07, 6.45) is 1.91. The van der Waals surface area contributed by atoms with Crippen LogP contribution in [0.2, 0.25) is 0 Å². The summed E-state index contributed by atoms with van der Waals surface area (Å²) in [6.45, 7) is 6.95. The number of nitrogens with one attached hydrogen (secondary N) is 1. The highest BCUT2D eigenvalue weighted by Crippen LogP contribution is 2.31. The Hall–Kier alpha value is -4.74. The predicted molar refractivity (Wildman–Crippen MR) is 159 cm³/mol. The van der Waals surface area contributed by atoms with Crippen molar-refractivity contribution in [1.29, 1.82) is 5.26 Å². The third-order valence-electron chi connectivity index (χ3n) is 6.41. The largest absolute Gasteiger partial charge is 0.494 e. The second-order valence-corrected chi connectivity index (χ2v) is 10.2. The van der Waals surface area contributed by atoms with Gasteiger partial charge in [-0.15, -0.1) is 0 Å². The number of nitriles is 1. The highest BCUT2D eigenvalue weighted by Gasteiger charge is 2.24. The van der Waals surface area contributed by atoms with E-state index >= 15 is 0 Å². The summed E-state index contributed by atoms with van der Waals surface area (Å²) < 4.78 is 13.5. The van der Waals surface area contributed by atoms with Crippen LogP contribution < -0.4 is 14.8 Å². The SMILES string of the molecule is CCOc1ccc(N=C2NC(=O)/C(=C\c3cc(C)n(-c4ccc(OCc5ccccc5C#N)cc4)c3C)S2)cc1. The lowest BCUT2D eigenvalue weighted by Gasteiger charge is -2.12. The van der Waals surface area contributed by atoms with Crippen molar-refractivity contribution in [2.75, 3.05) is 6.61 Å². The van der Waals surface area contributed by atoms with Gasteiger partial charge in [-0.1, -0.05) is 18.2 Å². The number of nitrogens with zero attached hydrogens (tertiary/aromatic N) is 3. The Morgan fingerprint density at radius 1 is 1.00 bits per heavy atom. The maximum atomic E-state index is 12.7. The van der Waals surface area contributed by atoms with Crippen LogP contribution >= 0.6 is 11.8 Å². The molecule has 1 aliphatic heterocycles. The number of amides is 1. The molecule has 0 atom stereocenters. The summed E-state index contributed by atoms with van der Waals surface area (Å²) in [6, 6.07) is 27.0. The zero-order valence-corrected chi connectivity index (χ0v) is 23.3. The molecule has 1 N–H and O–H groups in total. The fourth-order valence-electron chi connectivity index (χ4n) is 4.46. The molecule has 0 bridgehead atoms. The molecule has 0 spiro atoms. The van der Waals surface area contributed by atoms with Crippen molar-refractivity contribution in [1.82, 2.24) is 9.88 Å². The summed E-state index contributed by atoms with van der Waals surface area (Å²) in [5, 5.41) is 12.7. The van der Waals surface area contributed by atoms with Gasteiger partial charge >= 0.3 is 0 Å². The van der Waals surface area contributed by atoms with E-state index < -0.39 is 0 Å². The second kappa shape index (κ2) is 12.0. The molecule has 5 rings (SSSR count). The third kappa shape index (κ3) is 5.95. The Bertz CT molecular complexity index is 1650. The first-order valence-electron chi connectivity index (χ1n) is 12.9. The number of hydrogen-bond acceptors (Lipinski definition) is 6. The standard InChI is InChI=1S/C32H28N4O3S/c1-4-38-28-13-9-26(10-14-28)34-32-35-31(37)30(40-32)18-25-17-21(2)36(22(25)3)27-11-15-29(16-12-27)39-20-24-8-6-5-7-23(24)19-33/h5-18H,4,20H2,1-3H3,(H,34,35,37)/b30-18+. The van der Waals surface area contributed by atoms with Gasteiger partial charge in [0.2, 0.25) is 0 Å².